The van der Waals surface area contributed by atoms with Crippen molar-refractivity contribution in [3.05, 3.63) is 76.2 Å². The van der Waals surface area contributed by atoms with E-state index >= 15 is 0 Å². The molecule has 4 rings (SSSR count). The van der Waals surface area contributed by atoms with Crippen molar-refractivity contribution in [1.82, 2.24) is 19.6 Å². The van der Waals surface area contributed by atoms with E-state index in [1.807, 2.05) is 38.1 Å². The third-order valence-corrected chi connectivity index (χ3v) is 5.48. The predicted molar refractivity (Wildman–Crippen MR) is 119 cm³/mol. The SMILES string of the molecule is CC(C)Cn1nc(C(=O)N2CCN(C(=O)c3ccccc3)CC2)c2ccccc2c1=O. The van der Waals surface area contributed by atoms with Gasteiger partial charge in [-0.3, -0.25) is 14.4 Å². The summed E-state index contributed by atoms with van der Waals surface area (Å²) < 4.78 is 1.40. The Bertz CT molecular complexity index is 1160. The van der Waals surface area contributed by atoms with Gasteiger partial charge < -0.3 is 9.80 Å². The molecule has 0 saturated carbocycles. The van der Waals surface area contributed by atoms with Crippen LogP contribution in [0.3, 0.4) is 0 Å². The van der Waals surface area contributed by atoms with Gasteiger partial charge in [0, 0.05) is 43.7 Å². The maximum Gasteiger partial charge on any atom is 0.275 e. The highest BCUT2D eigenvalue weighted by molar-refractivity contribution is 6.05. The molecule has 1 saturated heterocycles. The molecule has 2 aromatic carbocycles. The van der Waals surface area contributed by atoms with E-state index < -0.39 is 0 Å². The molecule has 0 bridgehead atoms. The number of benzene rings is 2. The number of hydrogen-bond donors (Lipinski definition) is 0. The molecule has 0 spiro atoms. The molecular formula is C24H26N4O3. The van der Waals surface area contributed by atoms with Crippen LogP contribution in [0.25, 0.3) is 10.8 Å². The fourth-order valence-corrected chi connectivity index (χ4v) is 3.89. The lowest BCUT2D eigenvalue weighted by Crippen LogP contribution is -2.51. The van der Waals surface area contributed by atoms with Gasteiger partial charge in [-0.1, -0.05) is 50.2 Å². The van der Waals surface area contributed by atoms with Crippen molar-refractivity contribution in [2.45, 2.75) is 20.4 Å². The van der Waals surface area contributed by atoms with Gasteiger partial charge in [0.25, 0.3) is 17.4 Å². The van der Waals surface area contributed by atoms with E-state index in [0.29, 0.717) is 54.8 Å². The van der Waals surface area contributed by atoms with Crippen molar-refractivity contribution in [3.63, 3.8) is 0 Å². The molecule has 0 N–H and O–H groups in total. The van der Waals surface area contributed by atoms with E-state index in [2.05, 4.69) is 5.10 Å². The number of aromatic nitrogens is 2. The molecule has 1 fully saturated rings. The van der Waals surface area contributed by atoms with Crippen molar-refractivity contribution < 1.29 is 9.59 Å². The zero-order valence-electron chi connectivity index (χ0n) is 17.8. The minimum absolute atomic E-state index is 0.0262. The van der Waals surface area contributed by atoms with E-state index in [1.54, 1.807) is 40.1 Å². The van der Waals surface area contributed by atoms with Crippen LogP contribution >= 0.6 is 0 Å². The highest BCUT2D eigenvalue weighted by atomic mass is 16.2. The maximum atomic E-state index is 13.4. The Labute approximate surface area is 180 Å². The molecule has 7 nitrogen and oxygen atoms in total. The summed E-state index contributed by atoms with van der Waals surface area (Å²) in [6, 6.07) is 16.3. The van der Waals surface area contributed by atoms with Gasteiger partial charge in [-0.25, -0.2) is 4.68 Å². The second-order valence-corrected chi connectivity index (χ2v) is 8.23. The normalized spacial score (nSPS) is 14.3. The number of nitrogens with zero attached hydrogens (tertiary/aromatic N) is 4. The quantitative estimate of drug-likeness (QED) is 0.653. The molecule has 0 atom stereocenters. The standard InChI is InChI=1S/C24H26N4O3/c1-17(2)16-28-23(30)20-11-7-6-10-19(20)21(25-28)24(31)27-14-12-26(13-15-27)22(29)18-8-4-3-5-9-18/h3-11,17H,12-16H2,1-2H3. The van der Waals surface area contributed by atoms with E-state index in [0.717, 1.165) is 0 Å². The fourth-order valence-electron chi connectivity index (χ4n) is 3.89. The molecule has 0 radical (unpaired) electrons. The van der Waals surface area contributed by atoms with Gasteiger partial charge in [0.2, 0.25) is 0 Å². The van der Waals surface area contributed by atoms with Gasteiger partial charge >= 0.3 is 0 Å². The second kappa shape index (κ2) is 8.71. The van der Waals surface area contributed by atoms with Crippen molar-refractivity contribution in [2.24, 2.45) is 5.92 Å². The Morgan fingerprint density at radius 2 is 1.39 bits per heavy atom. The summed E-state index contributed by atoms with van der Waals surface area (Å²) in [6.07, 6.45) is 0. The zero-order valence-corrected chi connectivity index (χ0v) is 17.8. The number of fused-ring (bicyclic) bond motifs is 1. The monoisotopic (exact) mass is 418 g/mol. The Morgan fingerprint density at radius 1 is 0.839 bits per heavy atom. The van der Waals surface area contributed by atoms with Gasteiger partial charge in [0.15, 0.2) is 5.69 Å². The Hall–Kier alpha value is -3.48. The number of piperazine rings is 1. The molecule has 1 aromatic heterocycles. The van der Waals surface area contributed by atoms with E-state index in [9.17, 15) is 14.4 Å². The number of carbonyl (C=O) groups is 2. The molecule has 2 heterocycles. The Morgan fingerprint density at radius 3 is 2.00 bits per heavy atom. The molecule has 0 aliphatic carbocycles. The topological polar surface area (TPSA) is 75.5 Å². The first kappa shape index (κ1) is 20.8. The van der Waals surface area contributed by atoms with Crippen LogP contribution in [0.4, 0.5) is 0 Å². The minimum atomic E-state index is -0.208. The summed E-state index contributed by atoms with van der Waals surface area (Å²) in [5, 5.41) is 5.52. The molecule has 7 heteroatoms. The number of amides is 2. The van der Waals surface area contributed by atoms with E-state index in [1.165, 1.54) is 4.68 Å². The lowest BCUT2D eigenvalue weighted by molar-refractivity contribution is 0.0532. The van der Waals surface area contributed by atoms with Crippen LogP contribution in [-0.2, 0) is 6.54 Å². The molecule has 2 amide bonds. The van der Waals surface area contributed by atoms with Crippen LogP contribution in [0.15, 0.2) is 59.4 Å². The second-order valence-electron chi connectivity index (χ2n) is 8.23. The van der Waals surface area contributed by atoms with Crippen LogP contribution in [0.5, 0.6) is 0 Å². The Balaban J connectivity index is 1.57. The molecule has 1 aliphatic heterocycles. The first-order valence-electron chi connectivity index (χ1n) is 10.6. The van der Waals surface area contributed by atoms with Gasteiger partial charge in [0.1, 0.15) is 0 Å². The maximum absolute atomic E-state index is 13.4. The number of hydrogen-bond acceptors (Lipinski definition) is 4. The van der Waals surface area contributed by atoms with Gasteiger partial charge in [-0.05, 0) is 24.1 Å². The lowest BCUT2D eigenvalue weighted by atomic mass is 10.1. The smallest absolute Gasteiger partial charge is 0.275 e. The first-order valence-corrected chi connectivity index (χ1v) is 10.6. The zero-order chi connectivity index (χ0) is 22.0. The van der Waals surface area contributed by atoms with E-state index in [4.69, 9.17) is 0 Å². The molecule has 0 unspecified atom stereocenters. The molecule has 3 aromatic rings. The Kier molecular flexibility index (Phi) is 5.84. The molecular weight excluding hydrogens is 392 g/mol. The van der Waals surface area contributed by atoms with Crippen LogP contribution < -0.4 is 5.56 Å². The predicted octanol–water partition coefficient (Wildman–Crippen LogP) is 2.65. The van der Waals surface area contributed by atoms with Gasteiger partial charge in [-0.2, -0.15) is 5.10 Å². The summed E-state index contributed by atoms with van der Waals surface area (Å²) in [5.74, 6) is -0.0101. The highest BCUT2D eigenvalue weighted by Gasteiger charge is 2.28. The van der Waals surface area contributed by atoms with Crippen LogP contribution in [0.2, 0.25) is 0 Å². The molecule has 160 valence electrons. The third kappa shape index (κ3) is 4.21. The summed E-state index contributed by atoms with van der Waals surface area (Å²) in [4.78, 5) is 42.3. The van der Waals surface area contributed by atoms with Crippen molar-refractivity contribution in [3.8, 4) is 0 Å². The number of rotatable bonds is 4. The lowest BCUT2D eigenvalue weighted by Gasteiger charge is -2.34. The van der Waals surface area contributed by atoms with Crippen LogP contribution in [0, 0.1) is 5.92 Å². The highest BCUT2D eigenvalue weighted by Crippen LogP contribution is 2.17. The van der Waals surface area contributed by atoms with Crippen LogP contribution in [0.1, 0.15) is 34.7 Å². The van der Waals surface area contributed by atoms with Crippen molar-refractivity contribution in [1.29, 1.82) is 0 Å². The summed E-state index contributed by atoms with van der Waals surface area (Å²) in [6.45, 7) is 6.24. The fraction of sp³-hybridized carbons (Fsp3) is 0.333. The van der Waals surface area contributed by atoms with Crippen molar-refractivity contribution in [2.75, 3.05) is 26.2 Å². The molecule has 1 aliphatic rings. The van der Waals surface area contributed by atoms with Crippen molar-refractivity contribution >= 4 is 22.6 Å². The van der Waals surface area contributed by atoms with Gasteiger partial charge in [-0.15, -0.1) is 0 Å². The van der Waals surface area contributed by atoms with Crippen LogP contribution in [-0.4, -0.2) is 57.6 Å². The summed E-state index contributed by atoms with van der Waals surface area (Å²) in [7, 11) is 0. The molecule has 31 heavy (non-hydrogen) atoms. The number of carbonyl (C=O) groups excluding carboxylic acids is 2. The summed E-state index contributed by atoms with van der Waals surface area (Å²) >= 11 is 0. The largest absolute Gasteiger partial charge is 0.335 e. The average Bonchev–Trinajstić information content (AvgIpc) is 2.80. The average molecular weight is 418 g/mol. The first-order chi connectivity index (χ1) is 15.0. The third-order valence-electron chi connectivity index (χ3n) is 5.48. The van der Waals surface area contributed by atoms with E-state index in [-0.39, 0.29) is 23.3 Å². The minimum Gasteiger partial charge on any atom is -0.335 e. The summed E-state index contributed by atoms with van der Waals surface area (Å²) in [5.41, 5.74) is 0.758. The van der Waals surface area contributed by atoms with Gasteiger partial charge in [0.05, 0.1) is 5.39 Å².